The summed E-state index contributed by atoms with van der Waals surface area (Å²) in [6.45, 7) is 0.542. The molecule has 1 aliphatic rings. The van der Waals surface area contributed by atoms with Gasteiger partial charge >= 0.3 is 0 Å². The van der Waals surface area contributed by atoms with Gasteiger partial charge < -0.3 is 16.0 Å². The third-order valence-corrected chi connectivity index (χ3v) is 5.69. The molecule has 5 heteroatoms. The van der Waals surface area contributed by atoms with E-state index >= 15 is 0 Å². The fraction of sp³-hybridized carbons (Fsp3) is 0.0769. The van der Waals surface area contributed by atoms with E-state index < -0.39 is 11.9 Å². The number of carbonyl (C=O) groups is 2. The molecular formula is C26H21N3O2. The molecule has 1 aliphatic heterocycles. The molecule has 1 unspecified atom stereocenters. The van der Waals surface area contributed by atoms with E-state index in [1.807, 2.05) is 48.5 Å². The van der Waals surface area contributed by atoms with Crippen molar-refractivity contribution in [3.05, 3.63) is 108 Å². The summed E-state index contributed by atoms with van der Waals surface area (Å²) in [6, 6.07) is 29.0. The highest BCUT2D eigenvalue weighted by atomic mass is 16.2. The van der Waals surface area contributed by atoms with Gasteiger partial charge in [0, 0.05) is 12.1 Å². The van der Waals surface area contributed by atoms with E-state index in [9.17, 15) is 9.59 Å². The third kappa shape index (κ3) is 3.51. The minimum atomic E-state index is -0.525. The summed E-state index contributed by atoms with van der Waals surface area (Å²) in [5.41, 5.74) is 9.26. The van der Waals surface area contributed by atoms with Crippen LogP contribution in [-0.2, 0) is 11.3 Å². The van der Waals surface area contributed by atoms with Crippen molar-refractivity contribution in [1.29, 1.82) is 0 Å². The molecule has 0 aromatic heterocycles. The first kappa shape index (κ1) is 18.9. The number of rotatable bonds is 4. The van der Waals surface area contributed by atoms with Gasteiger partial charge in [-0.1, -0.05) is 66.7 Å². The Balaban J connectivity index is 1.61. The van der Waals surface area contributed by atoms with Crippen molar-refractivity contribution in [1.82, 2.24) is 0 Å². The third-order valence-electron chi connectivity index (χ3n) is 5.69. The Hall–Kier alpha value is -4.12. The van der Waals surface area contributed by atoms with Crippen LogP contribution in [0.3, 0.4) is 0 Å². The Morgan fingerprint density at radius 1 is 0.871 bits per heavy atom. The van der Waals surface area contributed by atoms with Crippen LogP contribution >= 0.6 is 0 Å². The van der Waals surface area contributed by atoms with Crippen molar-refractivity contribution in [3.8, 4) is 0 Å². The molecule has 3 N–H and O–H groups in total. The average molecular weight is 407 g/mol. The zero-order chi connectivity index (χ0) is 21.4. The summed E-state index contributed by atoms with van der Waals surface area (Å²) in [4.78, 5) is 26.9. The highest BCUT2D eigenvalue weighted by Gasteiger charge is 2.34. The molecule has 4 aromatic carbocycles. The molecule has 0 saturated heterocycles. The largest absolute Gasteiger partial charge is 0.366 e. The summed E-state index contributed by atoms with van der Waals surface area (Å²) in [5.74, 6) is -0.663. The smallest absolute Gasteiger partial charge is 0.251 e. The first-order valence-electron chi connectivity index (χ1n) is 10.1. The molecular weight excluding hydrogens is 386 g/mol. The fourth-order valence-electron chi connectivity index (χ4n) is 4.20. The molecule has 0 bridgehead atoms. The van der Waals surface area contributed by atoms with Gasteiger partial charge in [-0.2, -0.15) is 0 Å². The van der Waals surface area contributed by atoms with Crippen LogP contribution in [0.5, 0.6) is 0 Å². The van der Waals surface area contributed by atoms with Crippen LogP contribution in [0.1, 0.15) is 27.5 Å². The predicted octanol–water partition coefficient (Wildman–Crippen LogP) is 4.64. The van der Waals surface area contributed by atoms with Gasteiger partial charge in [0.25, 0.3) is 5.91 Å². The molecule has 0 fully saturated rings. The number of fused-ring (bicyclic) bond motifs is 2. The highest BCUT2D eigenvalue weighted by Crippen LogP contribution is 2.40. The van der Waals surface area contributed by atoms with Gasteiger partial charge in [0.1, 0.15) is 6.04 Å². The Bertz CT molecular complexity index is 1300. The molecule has 5 rings (SSSR count). The second kappa shape index (κ2) is 7.61. The van der Waals surface area contributed by atoms with Crippen molar-refractivity contribution >= 4 is 34.0 Å². The maximum atomic E-state index is 13.2. The number of benzene rings is 4. The molecule has 0 saturated carbocycles. The van der Waals surface area contributed by atoms with Gasteiger partial charge in [-0.3, -0.25) is 9.59 Å². The molecule has 2 amide bonds. The van der Waals surface area contributed by atoms with E-state index in [4.69, 9.17) is 5.73 Å². The van der Waals surface area contributed by atoms with E-state index in [1.54, 1.807) is 12.1 Å². The van der Waals surface area contributed by atoms with Crippen molar-refractivity contribution in [3.63, 3.8) is 0 Å². The first-order valence-corrected chi connectivity index (χ1v) is 10.1. The minimum absolute atomic E-state index is 0.138. The fourth-order valence-corrected chi connectivity index (χ4v) is 4.20. The lowest BCUT2D eigenvalue weighted by Gasteiger charge is -2.38. The second-order valence-corrected chi connectivity index (χ2v) is 7.71. The van der Waals surface area contributed by atoms with Gasteiger partial charge in [-0.05, 0) is 46.2 Å². The number of amides is 2. The van der Waals surface area contributed by atoms with Crippen molar-refractivity contribution < 1.29 is 9.59 Å². The molecule has 0 spiro atoms. The summed E-state index contributed by atoms with van der Waals surface area (Å²) in [5, 5.41) is 5.29. The van der Waals surface area contributed by atoms with Gasteiger partial charge in [0.2, 0.25) is 5.91 Å². The highest BCUT2D eigenvalue weighted by molar-refractivity contribution is 6.06. The van der Waals surface area contributed by atoms with E-state index in [0.29, 0.717) is 17.8 Å². The molecule has 0 aliphatic carbocycles. The van der Waals surface area contributed by atoms with Crippen LogP contribution in [0.15, 0.2) is 91.0 Å². The maximum absolute atomic E-state index is 13.2. The van der Waals surface area contributed by atoms with Crippen LogP contribution in [0, 0.1) is 0 Å². The maximum Gasteiger partial charge on any atom is 0.251 e. The molecule has 0 radical (unpaired) electrons. The Labute approximate surface area is 180 Å². The summed E-state index contributed by atoms with van der Waals surface area (Å²) in [7, 11) is 0. The number of nitrogens with one attached hydrogen (secondary N) is 1. The van der Waals surface area contributed by atoms with E-state index in [-0.39, 0.29) is 5.91 Å². The molecule has 31 heavy (non-hydrogen) atoms. The van der Waals surface area contributed by atoms with Crippen molar-refractivity contribution in [2.24, 2.45) is 5.73 Å². The number of nitrogens with zero attached hydrogens (tertiary/aromatic N) is 1. The molecule has 5 nitrogen and oxygen atoms in total. The van der Waals surface area contributed by atoms with Crippen LogP contribution in [0.25, 0.3) is 10.8 Å². The van der Waals surface area contributed by atoms with E-state index in [0.717, 1.165) is 22.2 Å². The SMILES string of the molecule is NC(=O)c1ccc2c(c1)NC(=O)C(c1ccccc1)N2Cc1ccc2ccccc2c1. The quantitative estimate of drug-likeness (QED) is 0.518. The number of nitrogens with two attached hydrogens (primary N) is 1. The van der Waals surface area contributed by atoms with Crippen LogP contribution in [-0.4, -0.2) is 11.8 Å². The summed E-state index contributed by atoms with van der Waals surface area (Å²) in [6.07, 6.45) is 0. The molecule has 1 heterocycles. The van der Waals surface area contributed by atoms with Gasteiger partial charge in [-0.25, -0.2) is 0 Å². The summed E-state index contributed by atoms with van der Waals surface area (Å²) >= 11 is 0. The zero-order valence-electron chi connectivity index (χ0n) is 16.8. The predicted molar refractivity (Wildman–Crippen MR) is 123 cm³/mol. The Kier molecular flexibility index (Phi) is 4.64. The van der Waals surface area contributed by atoms with E-state index in [2.05, 4.69) is 40.5 Å². The zero-order valence-corrected chi connectivity index (χ0v) is 16.8. The lowest BCUT2D eigenvalue weighted by atomic mass is 9.98. The number of carbonyl (C=O) groups excluding carboxylic acids is 2. The lowest BCUT2D eigenvalue weighted by Crippen LogP contribution is -2.41. The summed E-state index contributed by atoms with van der Waals surface area (Å²) < 4.78 is 0. The number of primary amides is 1. The first-order chi connectivity index (χ1) is 15.1. The molecule has 152 valence electrons. The monoisotopic (exact) mass is 407 g/mol. The molecule has 4 aromatic rings. The topological polar surface area (TPSA) is 75.4 Å². The molecule has 1 atom stereocenters. The van der Waals surface area contributed by atoms with Crippen LogP contribution < -0.4 is 16.0 Å². The number of hydrogen-bond donors (Lipinski definition) is 2. The normalized spacial score (nSPS) is 15.4. The van der Waals surface area contributed by atoms with Crippen LogP contribution in [0.2, 0.25) is 0 Å². The van der Waals surface area contributed by atoms with Gasteiger partial charge in [0.05, 0.1) is 11.4 Å². The van der Waals surface area contributed by atoms with Gasteiger partial charge in [-0.15, -0.1) is 0 Å². The second-order valence-electron chi connectivity index (χ2n) is 7.71. The Morgan fingerprint density at radius 3 is 2.39 bits per heavy atom. The van der Waals surface area contributed by atoms with Gasteiger partial charge in [0.15, 0.2) is 0 Å². The van der Waals surface area contributed by atoms with Crippen molar-refractivity contribution in [2.75, 3.05) is 10.2 Å². The Morgan fingerprint density at radius 2 is 1.61 bits per heavy atom. The van der Waals surface area contributed by atoms with Crippen LogP contribution in [0.4, 0.5) is 11.4 Å². The lowest BCUT2D eigenvalue weighted by molar-refractivity contribution is -0.117. The van der Waals surface area contributed by atoms with Crippen molar-refractivity contribution in [2.45, 2.75) is 12.6 Å². The van der Waals surface area contributed by atoms with E-state index in [1.165, 1.54) is 5.39 Å². The standard InChI is InChI=1S/C26H21N3O2/c27-25(30)21-12-13-23-22(15-21)28-26(31)24(19-7-2-1-3-8-19)29(23)16-17-10-11-18-6-4-5-9-20(18)14-17/h1-15,24H,16H2,(H2,27,30)(H,28,31). The number of anilines is 2. The number of hydrogen-bond acceptors (Lipinski definition) is 3. The minimum Gasteiger partial charge on any atom is -0.366 e. The average Bonchev–Trinajstić information content (AvgIpc) is 2.79.